The molecule has 6 heteroatoms. The summed E-state index contributed by atoms with van der Waals surface area (Å²) in [6.45, 7) is 6.51. The van der Waals surface area contributed by atoms with Crippen LogP contribution in [0.4, 0.5) is 0 Å². The predicted octanol–water partition coefficient (Wildman–Crippen LogP) is 2.49. The van der Waals surface area contributed by atoms with Crippen molar-refractivity contribution in [3.05, 3.63) is 71.3 Å². The van der Waals surface area contributed by atoms with E-state index in [0.29, 0.717) is 5.56 Å². The first-order valence-electron chi connectivity index (χ1n) is 9.26. The fourth-order valence-corrected chi connectivity index (χ4v) is 2.54. The van der Waals surface area contributed by atoms with E-state index in [2.05, 4.69) is 36.9 Å². The number of rotatable bonds is 6. The molecule has 0 heterocycles. The maximum absolute atomic E-state index is 12.1. The van der Waals surface area contributed by atoms with E-state index in [1.165, 1.54) is 0 Å². The van der Waals surface area contributed by atoms with Gasteiger partial charge in [0.1, 0.15) is 0 Å². The van der Waals surface area contributed by atoms with Crippen molar-refractivity contribution in [3.8, 4) is 0 Å². The van der Waals surface area contributed by atoms with Crippen LogP contribution < -0.4 is 16.2 Å². The molecule has 0 unspecified atom stereocenters. The second-order valence-electron chi connectivity index (χ2n) is 7.59. The maximum Gasteiger partial charge on any atom is 0.251 e. The predicted molar refractivity (Wildman–Crippen MR) is 109 cm³/mol. The molecule has 0 aliphatic carbocycles. The molecule has 3 N–H and O–H groups in total. The lowest BCUT2D eigenvalue weighted by Crippen LogP contribution is -2.43. The molecule has 3 amide bonds. The van der Waals surface area contributed by atoms with Gasteiger partial charge in [0.25, 0.3) is 5.91 Å². The molecule has 0 aromatic heterocycles. The van der Waals surface area contributed by atoms with Crippen LogP contribution in [0.1, 0.15) is 48.7 Å². The van der Waals surface area contributed by atoms with Gasteiger partial charge >= 0.3 is 0 Å². The molecule has 148 valence electrons. The Morgan fingerprint density at radius 2 is 1.43 bits per heavy atom. The second kappa shape index (κ2) is 9.69. The Bertz CT molecular complexity index is 809. The van der Waals surface area contributed by atoms with Gasteiger partial charge in [0.05, 0.1) is 6.42 Å². The molecule has 0 saturated heterocycles. The highest BCUT2D eigenvalue weighted by atomic mass is 16.2. The third kappa shape index (κ3) is 6.87. The zero-order valence-electron chi connectivity index (χ0n) is 16.5. The lowest BCUT2D eigenvalue weighted by atomic mass is 9.87. The van der Waals surface area contributed by atoms with E-state index >= 15 is 0 Å². The third-order valence-corrected chi connectivity index (χ3v) is 4.20. The Kier molecular flexibility index (Phi) is 7.32. The number of hydrazine groups is 1. The summed E-state index contributed by atoms with van der Waals surface area (Å²) in [5.41, 5.74) is 7.30. The highest BCUT2D eigenvalue weighted by molar-refractivity contribution is 5.94. The van der Waals surface area contributed by atoms with Crippen LogP contribution in [0, 0.1) is 0 Å². The van der Waals surface area contributed by atoms with Gasteiger partial charge in [-0.25, -0.2) is 0 Å². The molecule has 0 spiro atoms. The van der Waals surface area contributed by atoms with E-state index < -0.39 is 0 Å². The maximum atomic E-state index is 12.1. The Morgan fingerprint density at radius 1 is 0.821 bits per heavy atom. The zero-order valence-corrected chi connectivity index (χ0v) is 16.5. The highest BCUT2D eigenvalue weighted by Gasteiger charge is 2.14. The Morgan fingerprint density at radius 3 is 2.04 bits per heavy atom. The van der Waals surface area contributed by atoms with Crippen LogP contribution >= 0.6 is 0 Å². The van der Waals surface area contributed by atoms with Crippen molar-refractivity contribution >= 4 is 17.7 Å². The van der Waals surface area contributed by atoms with Crippen LogP contribution in [-0.2, 0) is 21.4 Å². The normalized spacial score (nSPS) is 10.8. The number of amides is 3. The van der Waals surface area contributed by atoms with E-state index in [1.54, 1.807) is 12.1 Å². The van der Waals surface area contributed by atoms with Gasteiger partial charge < -0.3 is 5.32 Å². The van der Waals surface area contributed by atoms with Crippen molar-refractivity contribution in [1.82, 2.24) is 16.2 Å². The first kappa shape index (κ1) is 21.2. The van der Waals surface area contributed by atoms with Crippen molar-refractivity contribution in [3.63, 3.8) is 0 Å². The summed E-state index contributed by atoms with van der Waals surface area (Å²) < 4.78 is 0. The minimum absolute atomic E-state index is 0.0258. The number of carbonyl (C=O) groups is 3. The molecule has 0 aliphatic rings. The fourth-order valence-electron chi connectivity index (χ4n) is 2.54. The molecule has 0 radical (unpaired) electrons. The molecular weight excluding hydrogens is 354 g/mol. The summed E-state index contributed by atoms with van der Waals surface area (Å²) in [6.07, 6.45) is 0.250. The average Bonchev–Trinajstić information content (AvgIpc) is 2.66. The zero-order chi connectivity index (χ0) is 20.6. The first-order chi connectivity index (χ1) is 13.3. The van der Waals surface area contributed by atoms with Crippen LogP contribution in [0.2, 0.25) is 0 Å². The number of hydrogen-bond donors (Lipinski definition) is 3. The second-order valence-corrected chi connectivity index (χ2v) is 7.59. The minimum atomic E-state index is -0.371. The van der Waals surface area contributed by atoms with E-state index in [0.717, 1.165) is 11.1 Å². The lowest BCUT2D eigenvalue weighted by Gasteiger charge is -2.19. The molecule has 2 aromatic carbocycles. The molecule has 0 fully saturated rings. The van der Waals surface area contributed by atoms with Gasteiger partial charge in [-0.05, 0) is 28.7 Å². The molecule has 28 heavy (non-hydrogen) atoms. The molecule has 2 aromatic rings. The van der Waals surface area contributed by atoms with Crippen LogP contribution in [0.15, 0.2) is 54.6 Å². The molecule has 6 nitrogen and oxygen atoms in total. The van der Waals surface area contributed by atoms with Crippen LogP contribution in [-0.4, -0.2) is 24.3 Å². The van der Waals surface area contributed by atoms with E-state index in [1.807, 2.05) is 42.5 Å². The minimum Gasteiger partial charge on any atom is -0.352 e. The third-order valence-electron chi connectivity index (χ3n) is 4.20. The van der Waals surface area contributed by atoms with Crippen molar-refractivity contribution in [2.24, 2.45) is 0 Å². The van der Waals surface area contributed by atoms with Crippen molar-refractivity contribution in [1.29, 1.82) is 0 Å². The van der Waals surface area contributed by atoms with Crippen molar-refractivity contribution < 1.29 is 14.4 Å². The van der Waals surface area contributed by atoms with E-state index in [9.17, 15) is 14.4 Å². The number of carbonyl (C=O) groups excluding carboxylic acids is 3. The van der Waals surface area contributed by atoms with E-state index in [4.69, 9.17) is 0 Å². The quantitative estimate of drug-likeness (QED) is 0.672. The Balaban J connectivity index is 1.68. The monoisotopic (exact) mass is 381 g/mol. The van der Waals surface area contributed by atoms with Gasteiger partial charge in [0, 0.05) is 18.5 Å². The topological polar surface area (TPSA) is 87.3 Å². The van der Waals surface area contributed by atoms with Crippen molar-refractivity contribution in [2.75, 3.05) is 6.54 Å². The molecule has 0 aliphatic heterocycles. The standard InChI is InChI=1S/C22H27N3O3/c1-22(2,3)18-11-9-17(10-12-18)21(28)23-14-13-19(26)24-25-20(27)15-16-7-5-4-6-8-16/h4-12H,13-15H2,1-3H3,(H,23,28)(H,24,26)(H,25,27). The van der Waals surface area contributed by atoms with Gasteiger partial charge in [0.15, 0.2) is 0 Å². The Labute approximate surface area is 165 Å². The van der Waals surface area contributed by atoms with E-state index in [-0.39, 0.29) is 42.5 Å². The molecule has 0 bridgehead atoms. The highest BCUT2D eigenvalue weighted by Crippen LogP contribution is 2.22. The summed E-state index contributed by atoms with van der Waals surface area (Å²) >= 11 is 0. The van der Waals surface area contributed by atoms with Gasteiger partial charge in [-0.1, -0.05) is 63.2 Å². The van der Waals surface area contributed by atoms with Crippen LogP contribution in [0.25, 0.3) is 0 Å². The fraction of sp³-hybridized carbons (Fsp3) is 0.318. The van der Waals surface area contributed by atoms with Gasteiger partial charge in [-0.15, -0.1) is 0 Å². The number of benzene rings is 2. The Hall–Kier alpha value is -3.15. The average molecular weight is 381 g/mol. The lowest BCUT2D eigenvalue weighted by molar-refractivity contribution is -0.128. The molecule has 2 rings (SSSR count). The summed E-state index contributed by atoms with van der Waals surface area (Å²) in [5.74, 6) is -0.909. The number of nitrogens with one attached hydrogen (secondary N) is 3. The summed E-state index contributed by atoms with van der Waals surface area (Å²) in [5, 5.41) is 2.70. The summed E-state index contributed by atoms with van der Waals surface area (Å²) in [4.78, 5) is 35.7. The number of hydrogen-bond acceptors (Lipinski definition) is 3. The molecular formula is C22H27N3O3. The SMILES string of the molecule is CC(C)(C)c1ccc(C(=O)NCCC(=O)NNC(=O)Cc2ccccc2)cc1. The molecule has 0 atom stereocenters. The van der Waals surface area contributed by atoms with Crippen LogP contribution in [0.5, 0.6) is 0 Å². The first-order valence-corrected chi connectivity index (χ1v) is 9.26. The molecule has 0 saturated carbocycles. The summed E-state index contributed by atoms with van der Waals surface area (Å²) in [7, 11) is 0. The van der Waals surface area contributed by atoms with Crippen LogP contribution in [0.3, 0.4) is 0 Å². The largest absolute Gasteiger partial charge is 0.352 e. The van der Waals surface area contributed by atoms with Gasteiger partial charge in [0.2, 0.25) is 11.8 Å². The van der Waals surface area contributed by atoms with Gasteiger partial charge in [-0.2, -0.15) is 0 Å². The summed E-state index contributed by atoms with van der Waals surface area (Å²) in [6, 6.07) is 16.7. The van der Waals surface area contributed by atoms with Crippen molar-refractivity contribution in [2.45, 2.75) is 39.0 Å². The van der Waals surface area contributed by atoms with Gasteiger partial charge in [-0.3, -0.25) is 25.2 Å². The smallest absolute Gasteiger partial charge is 0.251 e.